The van der Waals surface area contributed by atoms with Gasteiger partial charge >= 0.3 is 5.97 Å². The largest absolute Gasteiger partial charge is 0.481 e. The van der Waals surface area contributed by atoms with Gasteiger partial charge in [0.2, 0.25) is 0 Å². The van der Waals surface area contributed by atoms with Crippen LogP contribution < -0.4 is 0 Å². The summed E-state index contributed by atoms with van der Waals surface area (Å²) in [5, 5.41) is 25.2. The van der Waals surface area contributed by atoms with Crippen LogP contribution in [0.1, 0.15) is 16.8 Å². The van der Waals surface area contributed by atoms with Crippen LogP contribution in [0.2, 0.25) is 0 Å². The Morgan fingerprint density at radius 2 is 2.22 bits per heavy atom. The van der Waals surface area contributed by atoms with E-state index in [2.05, 4.69) is 16.4 Å². The lowest BCUT2D eigenvalue weighted by Gasteiger charge is -2.02. The van der Waals surface area contributed by atoms with E-state index in [1.165, 1.54) is 4.68 Å². The van der Waals surface area contributed by atoms with E-state index in [-0.39, 0.29) is 6.42 Å². The van der Waals surface area contributed by atoms with Crippen LogP contribution in [0.5, 0.6) is 0 Å². The third-order valence-electron chi connectivity index (χ3n) is 2.39. The molecule has 0 fully saturated rings. The molecule has 1 N–H and O–H groups in total. The van der Waals surface area contributed by atoms with Gasteiger partial charge in [-0.15, -0.1) is 5.10 Å². The lowest BCUT2D eigenvalue weighted by Crippen LogP contribution is -2.02. The zero-order valence-electron chi connectivity index (χ0n) is 9.45. The first-order valence-corrected chi connectivity index (χ1v) is 5.28. The van der Waals surface area contributed by atoms with Crippen LogP contribution >= 0.6 is 0 Å². The number of hydrogen-bond donors (Lipinski definition) is 1. The monoisotopic (exact) mass is 242 g/mol. The Morgan fingerprint density at radius 3 is 2.94 bits per heavy atom. The maximum atomic E-state index is 10.5. The molecule has 2 rings (SSSR count). The Labute approximate surface area is 103 Å². The third-order valence-corrected chi connectivity index (χ3v) is 2.39. The summed E-state index contributed by atoms with van der Waals surface area (Å²) in [6.07, 6.45) is 1.42. The summed E-state index contributed by atoms with van der Waals surface area (Å²) in [6.45, 7) is 0.399. The topological polar surface area (TPSA) is 91.8 Å². The van der Waals surface area contributed by atoms with E-state index < -0.39 is 5.97 Å². The predicted octanol–water partition coefficient (Wildman–Crippen LogP) is 0.825. The van der Waals surface area contributed by atoms with Crippen LogP contribution in [0.25, 0.3) is 0 Å². The summed E-state index contributed by atoms with van der Waals surface area (Å²) >= 11 is 0. The van der Waals surface area contributed by atoms with E-state index in [4.69, 9.17) is 10.4 Å². The minimum atomic E-state index is -0.945. The van der Waals surface area contributed by atoms with Crippen LogP contribution in [-0.4, -0.2) is 26.1 Å². The van der Waals surface area contributed by atoms with Crippen molar-refractivity contribution in [1.29, 1.82) is 5.26 Å². The van der Waals surface area contributed by atoms with Crippen molar-refractivity contribution in [2.75, 3.05) is 0 Å². The molecule has 0 saturated carbocycles. The summed E-state index contributed by atoms with van der Waals surface area (Å²) < 4.78 is 1.52. The second-order valence-corrected chi connectivity index (χ2v) is 3.75. The molecule has 6 nitrogen and oxygen atoms in total. The number of aliphatic carboxylic acids is 1. The van der Waals surface area contributed by atoms with E-state index in [0.717, 1.165) is 5.56 Å². The molecule has 0 saturated heterocycles. The number of aromatic nitrogens is 3. The fourth-order valence-electron chi connectivity index (χ4n) is 1.59. The van der Waals surface area contributed by atoms with Gasteiger partial charge in [0.05, 0.1) is 30.3 Å². The Balaban J connectivity index is 2.17. The lowest BCUT2D eigenvalue weighted by molar-refractivity contribution is -0.136. The third kappa shape index (κ3) is 2.71. The van der Waals surface area contributed by atoms with Crippen molar-refractivity contribution in [3.63, 3.8) is 0 Å². The molecule has 0 radical (unpaired) electrons. The number of carboxylic acid groups (broad SMARTS) is 1. The molecule has 0 spiro atoms. The maximum absolute atomic E-state index is 10.5. The van der Waals surface area contributed by atoms with Gasteiger partial charge in [0.25, 0.3) is 0 Å². The fraction of sp³-hybridized carbons (Fsp3) is 0.167. The first kappa shape index (κ1) is 11.8. The molecule has 0 bridgehead atoms. The Bertz CT molecular complexity index is 613. The standard InChI is InChI=1S/C12H10N4O2/c13-6-9-3-1-2-4-10(9)7-16-8-11(14-15-16)5-12(17)18/h1-4,8H,5,7H2,(H,17,18). The zero-order chi connectivity index (χ0) is 13.0. The minimum Gasteiger partial charge on any atom is -0.481 e. The average molecular weight is 242 g/mol. The number of benzene rings is 1. The summed E-state index contributed by atoms with van der Waals surface area (Å²) in [5.41, 5.74) is 1.80. The van der Waals surface area contributed by atoms with E-state index >= 15 is 0 Å². The van der Waals surface area contributed by atoms with Gasteiger partial charge in [-0.3, -0.25) is 4.79 Å². The second kappa shape index (κ2) is 5.10. The highest BCUT2D eigenvalue weighted by Gasteiger charge is 2.07. The van der Waals surface area contributed by atoms with Crippen LogP contribution in [0, 0.1) is 11.3 Å². The fourth-order valence-corrected chi connectivity index (χ4v) is 1.59. The number of nitrogens with zero attached hydrogens (tertiary/aromatic N) is 4. The molecular formula is C12H10N4O2. The summed E-state index contributed by atoms with van der Waals surface area (Å²) in [6, 6.07) is 9.29. The molecule has 0 aliphatic heterocycles. The van der Waals surface area contributed by atoms with Crippen molar-refractivity contribution < 1.29 is 9.90 Å². The van der Waals surface area contributed by atoms with Crippen molar-refractivity contribution >= 4 is 5.97 Å². The molecule has 1 aromatic heterocycles. The first-order chi connectivity index (χ1) is 8.69. The molecule has 6 heteroatoms. The molecule has 18 heavy (non-hydrogen) atoms. The summed E-state index contributed by atoms with van der Waals surface area (Å²) in [7, 11) is 0. The van der Waals surface area contributed by atoms with Crippen LogP contribution in [0.15, 0.2) is 30.5 Å². The normalized spacial score (nSPS) is 9.94. The van der Waals surface area contributed by atoms with E-state index in [9.17, 15) is 4.79 Å². The van der Waals surface area contributed by atoms with Gasteiger partial charge in [-0.1, -0.05) is 23.4 Å². The van der Waals surface area contributed by atoms with Gasteiger partial charge in [0, 0.05) is 6.20 Å². The summed E-state index contributed by atoms with van der Waals surface area (Å²) in [4.78, 5) is 10.5. The van der Waals surface area contributed by atoms with Crippen molar-refractivity contribution in [3.8, 4) is 6.07 Å². The van der Waals surface area contributed by atoms with Gasteiger partial charge < -0.3 is 5.11 Å². The molecule has 0 amide bonds. The second-order valence-electron chi connectivity index (χ2n) is 3.75. The highest BCUT2D eigenvalue weighted by Crippen LogP contribution is 2.09. The van der Waals surface area contributed by atoms with Crippen molar-refractivity contribution in [2.45, 2.75) is 13.0 Å². The molecule has 0 aliphatic rings. The zero-order valence-corrected chi connectivity index (χ0v) is 9.45. The Kier molecular flexibility index (Phi) is 3.34. The molecule has 0 unspecified atom stereocenters. The van der Waals surface area contributed by atoms with E-state index in [0.29, 0.717) is 17.8 Å². The number of nitriles is 1. The van der Waals surface area contributed by atoms with E-state index in [1.54, 1.807) is 18.3 Å². The molecule has 1 heterocycles. The molecular weight excluding hydrogens is 232 g/mol. The smallest absolute Gasteiger partial charge is 0.309 e. The summed E-state index contributed by atoms with van der Waals surface area (Å²) in [5.74, 6) is -0.945. The molecule has 2 aromatic rings. The molecule has 0 aliphatic carbocycles. The van der Waals surface area contributed by atoms with Crippen LogP contribution in [0.4, 0.5) is 0 Å². The number of carbonyl (C=O) groups is 1. The highest BCUT2D eigenvalue weighted by molar-refractivity contribution is 5.69. The Hall–Kier alpha value is -2.68. The lowest BCUT2D eigenvalue weighted by atomic mass is 10.1. The number of rotatable bonds is 4. The van der Waals surface area contributed by atoms with Crippen molar-refractivity contribution in [3.05, 3.63) is 47.3 Å². The van der Waals surface area contributed by atoms with Crippen LogP contribution in [0.3, 0.4) is 0 Å². The average Bonchev–Trinajstić information content (AvgIpc) is 2.76. The molecule has 90 valence electrons. The van der Waals surface area contributed by atoms with E-state index in [1.807, 2.05) is 12.1 Å². The predicted molar refractivity (Wildman–Crippen MR) is 61.6 cm³/mol. The van der Waals surface area contributed by atoms with Gasteiger partial charge in [-0.25, -0.2) is 4.68 Å². The number of hydrogen-bond acceptors (Lipinski definition) is 4. The maximum Gasteiger partial charge on any atom is 0.309 e. The molecule has 0 atom stereocenters. The van der Waals surface area contributed by atoms with Gasteiger partial charge in [-0.05, 0) is 11.6 Å². The van der Waals surface area contributed by atoms with Crippen molar-refractivity contribution in [2.24, 2.45) is 0 Å². The van der Waals surface area contributed by atoms with Gasteiger partial charge in [0.1, 0.15) is 0 Å². The van der Waals surface area contributed by atoms with Crippen LogP contribution in [-0.2, 0) is 17.8 Å². The molecule has 1 aromatic carbocycles. The number of carboxylic acids is 1. The Morgan fingerprint density at radius 1 is 1.44 bits per heavy atom. The highest BCUT2D eigenvalue weighted by atomic mass is 16.4. The minimum absolute atomic E-state index is 0.153. The SMILES string of the molecule is N#Cc1ccccc1Cn1cc(CC(=O)O)nn1. The quantitative estimate of drug-likeness (QED) is 0.857. The first-order valence-electron chi connectivity index (χ1n) is 5.28. The van der Waals surface area contributed by atoms with Crippen molar-refractivity contribution in [1.82, 2.24) is 15.0 Å². The van der Waals surface area contributed by atoms with Gasteiger partial charge in [0.15, 0.2) is 0 Å². The van der Waals surface area contributed by atoms with Gasteiger partial charge in [-0.2, -0.15) is 5.26 Å².